The third-order valence-corrected chi connectivity index (χ3v) is 5.56. The monoisotopic (exact) mass is 324 g/mol. The van der Waals surface area contributed by atoms with Gasteiger partial charge in [-0.2, -0.15) is 0 Å². The van der Waals surface area contributed by atoms with Crippen LogP contribution in [0.5, 0.6) is 0 Å². The van der Waals surface area contributed by atoms with E-state index in [4.69, 9.17) is 0 Å². The molecule has 22 heavy (non-hydrogen) atoms. The summed E-state index contributed by atoms with van der Waals surface area (Å²) in [6.45, 7) is 5.17. The molecule has 124 valence electrons. The van der Waals surface area contributed by atoms with E-state index in [1.165, 1.54) is 43.4 Å². The van der Waals surface area contributed by atoms with Gasteiger partial charge in [0, 0.05) is 19.0 Å². The maximum Gasteiger partial charge on any atom is 0.347 e. The minimum Gasteiger partial charge on any atom is -0.477 e. The molecular formula is C17H28N2O2S. The van der Waals surface area contributed by atoms with Gasteiger partial charge >= 0.3 is 5.97 Å². The third-order valence-electron chi connectivity index (χ3n) is 4.41. The van der Waals surface area contributed by atoms with Crippen molar-refractivity contribution in [3.8, 4) is 0 Å². The smallest absolute Gasteiger partial charge is 0.347 e. The van der Waals surface area contributed by atoms with Crippen LogP contribution in [0.15, 0.2) is 0 Å². The first-order chi connectivity index (χ1) is 10.5. The second kappa shape index (κ2) is 8.06. The van der Waals surface area contributed by atoms with Gasteiger partial charge in [-0.1, -0.05) is 33.1 Å². The van der Waals surface area contributed by atoms with Crippen LogP contribution in [0.25, 0.3) is 0 Å². The zero-order valence-electron chi connectivity index (χ0n) is 14.0. The fourth-order valence-corrected chi connectivity index (χ4v) is 4.10. The lowest BCUT2D eigenvalue weighted by Gasteiger charge is -2.30. The Morgan fingerprint density at radius 1 is 1.36 bits per heavy atom. The molecule has 1 aliphatic carbocycles. The van der Waals surface area contributed by atoms with Crippen molar-refractivity contribution in [3.05, 3.63) is 15.6 Å². The van der Waals surface area contributed by atoms with Gasteiger partial charge in [-0.3, -0.25) is 0 Å². The molecule has 0 spiro atoms. The SMILES string of the molecule is CC(C)Cc1nc(CCN(C)C2CCCCC2)sc1C(=O)O. The molecule has 1 aromatic rings. The van der Waals surface area contributed by atoms with Crippen molar-refractivity contribution in [1.82, 2.24) is 9.88 Å². The van der Waals surface area contributed by atoms with Crippen LogP contribution in [0, 0.1) is 5.92 Å². The van der Waals surface area contributed by atoms with E-state index in [0.717, 1.165) is 30.1 Å². The molecule has 0 amide bonds. The summed E-state index contributed by atoms with van der Waals surface area (Å²) < 4.78 is 0. The van der Waals surface area contributed by atoms with E-state index in [2.05, 4.69) is 30.8 Å². The van der Waals surface area contributed by atoms with E-state index in [1.54, 1.807) is 0 Å². The average molecular weight is 324 g/mol. The van der Waals surface area contributed by atoms with Crippen LogP contribution in [-0.2, 0) is 12.8 Å². The number of nitrogens with zero attached hydrogens (tertiary/aromatic N) is 2. The number of likely N-dealkylation sites (N-methyl/N-ethyl adjacent to an activating group) is 1. The van der Waals surface area contributed by atoms with Gasteiger partial charge in [-0.25, -0.2) is 9.78 Å². The number of thiazole rings is 1. The van der Waals surface area contributed by atoms with E-state index in [9.17, 15) is 9.90 Å². The number of carboxylic acids is 1. The lowest BCUT2D eigenvalue weighted by atomic mass is 9.94. The average Bonchev–Trinajstić information content (AvgIpc) is 2.88. The van der Waals surface area contributed by atoms with Crippen LogP contribution < -0.4 is 0 Å². The predicted octanol–water partition coefficient (Wildman–Crippen LogP) is 3.85. The second-order valence-corrected chi connectivity index (χ2v) is 7.89. The molecule has 0 aromatic carbocycles. The Morgan fingerprint density at radius 3 is 2.64 bits per heavy atom. The molecule has 4 nitrogen and oxygen atoms in total. The maximum absolute atomic E-state index is 11.4. The van der Waals surface area contributed by atoms with Gasteiger partial charge in [0.1, 0.15) is 4.88 Å². The van der Waals surface area contributed by atoms with Crippen LogP contribution in [0.2, 0.25) is 0 Å². The Labute approximate surface area is 137 Å². The third kappa shape index (κ3) is 4.78. The zero-order valence-corrected chi connectivity index (χ0v) is 14.8. The summed E-state index contributed by atoms with van der Waals surface area (Å²) in [7, 11) is 2.19. The molecule has 2 rings (SSSR count). The summed E-state index contributed by atoms with van der Waals surface area (Å²) in [6.07, 6.45) is 8.26. The van der Waals surface area contributed by atoms with Crippen LogP contribution in [0.1, 0.15) is 66.3 Å². The van der Waals surface area contributed by atoms with E-state index in [-0.39, 0.29) is 0 Å². The lowest BCUT2D eigenvalue weighted by molar-refractivity contribution is 0.0700. The summed E-state index contributed by atoms with van der Waals surface area (Å²) in [6, 6.07) is 0.697. The molecule has 1 aliphatic rings. The Balaban J connectivity index is 1.95. The van der Waals surface area contributed by atoms with E-state index >= 15 is 0 Å². The molecule has 1 aromatic heterocycles. The van der Waals surface area contributed by atoms with Gasteiger partial charge in [0.25, 0.3) is 0 Å². The van der Waals surface area contributed by atoms with Crippen molar-refractivity contribution in [2.24, 2.45) is 5.92 Å². The minimum absolute atomic E-state index is 0.429. The van der Waals surface area contributed by atoms with Crippen molar-refractivity contribution in [2.75, 3.05) is 13.6 Å². The topological polar surface area (TPSA) is 53.4 Å². The second-order valence-electron chi connectivity index (χ2n) is 6.81. The highest BCUT2D eigenvalue weighted by Gasteiger charge is 2.20. The Morgan fingerprint density at radius 2 is 2.05 bits per heavy atom. The predicted molar refractivity (Wildman–Crippen MR) is 90.8 cm³/mol. The quantitative estimate of drug-likeness (QED) is 0.828. The molecule has 1 heterocycles. The van der Waals surface area contributed by atoms with Gasteiger partial charge in [-0.15, -0.1) is 11.3 Å². The normalized spacial score (nSPS) is 16.6. The molecule has 1 N–H and O–H groups in total. The summed E-state index contributed by atoms with van der Waals surface area (Å²) in [5.74, 6) is -0.405. The molecule has 0 atom stereocenters. The summed E-state index contributed by atoms with van der Waals surface area (Å²) in [5.41, 5.74) is 0.766. The van der Waals surface area contributed by atoms with Gasteiger partial charge < -0.3 is 10.0 Å². The molecule has 0 unspecified atom stereocenters. The number of carboxylic acid groups (broad SMARTS) is 1. The van der Waals surface area contributed by atoms with E-state index < -0.39 is 5.97 Å². The highest BCUT2D eigenvalue weighted by molar-refractivity contribution is 7.13. The molecule has 1 saturated carbocycles. The minimum atomic E-state index is -0.833. The van der Waals surface area contributed by atoms with Crippen LogP contribution in [0.4, 0.5) is 0 Å². The Bertz CT molecular complexity index is 493. The zero-order chi connectivity index (χ0) is 16.1. The van der Waals surface area contributed by atoms with Crippen molar-refractivity contribution in [2.45, 2.75) is 64.8 Å². The highest BCUT2D eigenvalue weighted by Crippen LogP contribution is 2.24. The first-order valence-corrected chi connectivity index (χ1v) is 9.21. The highest BCUT2D eigenvalue weighted by atomic mass is 32.1. The maximum atomic E-state index is 11.4. The number of rotatable bonds is 7. The van der Waals surface area contributed by atoms with Gasteiger partial charge in [0.2, 0.25) is 0 Å². The summed E-state index contributed by atoms with van der Waals surface area (Å²) in [5, 5.41) is 10.3. The number of hydrogen-bond donors (Lipinski definition) is 1. The Hall–Kier alpha value is -0.940. The molecule has 1 fully saturated rings. The van der Waals surface area contributed by atoms with E-state index in [1.807, 2.05) is 0 Å². The molecule has 5 heteroatoms. The van der Waals surface area contributed by atoms with Crippen LogP contribution in [-0.4, -0.2) is 40.6 Å². The molecular weight excluding hydrogens is 296 g/mol. The fraction of sp³-hybridized carbons (Fsp3) is 0.765. The number of hydrogen-bond acceptors (Lipinski definition) is 4. The fourth-order valence-electron chi connectivity index (χ4n) is 3.18. The van der Waals surface area contributed by atoms with E-state index in [0.29, 0.717) is 16.8 Å². The molecule has 0 radical (unpaired) electrons. The summed E-state index contributed by atoms with van der Waals surface area (Å²) in [4.78, 5) is 18.8. The van der Waals surface area contributed by atoms with Crippen LogP contribution >= 0.6 is 11.3 Å². The van der Waals surface area contributed by atoms with Crippen molar-refractivity contribution < 1.29 is 9.90 Å². The largest absolute Gasteiger partial charge is 0.477 e. The van der Waals surface area contributed by atoms with Crippen LogP contribution in [0.3, 0.4) is 0 Å². The first kappa shape index (κ1) is 17.4. The van der Waals surface area contributed by atoms with Gasteiger partial charge in [0.05, 0.1) is 10.7 Å². The van der Waals surface area contributed by atoms with Crippen molar-refractivity contribution in [1.29, 1.82) is 0 Å². The lowest BCUT2D eigenvalue weighted by Crippen LogP contribution is -2.34. The van der Waals surface area contributed by atoms with Gasteiger partial charge in [0.15, 0.2) is 0 Å². The van der Waals surface area contributed by atoms with Crippen molar-refractivity contribution >= 4 is 17.3 Å². The standard InChI is InChI=1S/C17H28N2O2S/c1-12(2)11-14-16(17(20)21)22-15(18-14)9-10-19(3)13-7-5-4-6-8-13/h12-13H,4-11H2,1-3H3,(H,20,21). The summed E-state index contributed by atoms with van der Waals surface area (Å²) >= 11 is 1.36. The number of carbonyl (C=O) groups is 1. The molecule has 0 bridgehead atoms. The first-order valence-electron chi connectivity index (χ1n) is 8.39. The number of aromatic carboxylic acids is 1. The Kier molecular flexibility index (Phi) is 6.38. The molecule has 0 aliphatic heterocycles. The number of aromatic nitrogens is 1. The molecule has 0 saturated heterocycles. The van der Waals surface area contributed by atoms with Crippen molar-refractivity contribution in [3.63, 3.8) is 0 Å². The van der Waals surface area contributed by atoms with Gasteiger partial charge in [-0.05, 0) is 32.2 Å².